The summed E-state index contributed by atoms with van der Waals surface area (Å²) in [5, 5.41) is 29.6. The Hall–Kier alpha value is -4.34. The molecule has 0 saturated carbocycles. The number of nitro groups is 1. The number of carbonyl (C=O) groups is 1. The van der Waals surface area contributed by atoms with E-state index in [1.807, 2.05) is 0 Å². The number of fused-ring (bicyclic) bond motifs is 2. The number of carbonyl (C=O) groups excluding carboxylic acids is 1. The van der Waals surface area contributed by atoms with Crippen molar-refractivity contribution in [3.05, 3.63) is 63.8 Å². The lowest BCUT2D eigenvalue weighted by molar-refractivity contribution is -0.384. The van der Waals surface area contributed by atoms with Crippen LogP contribution < -0.4 is 4.74 Å². The normalized spacial score (nSPS) is 11.4. The molecule has 0 spiro atoms. The number of nitrogens with one attached hydrogen (secondary N) is 1. The number of H-pyrrole nitrogens is 1. The van der Waals surface area contributed by atoms with Gasteiger partial charge in [0.1, 0.15) is 5.75 Å². The van der Waals surface area contributed by atoms with E-state index in [4.69, 9.17) is 4.74 Å². The zero-order chi connectivity index (χ0) is 21.4. The van der Waals surface area contributed by atoms with Crippen LogP contribution in [0.1, 0.15) is 16.1 Å². The minimum atomic E-state index is -0.655. The molecule has 2 aromatic carbocycles. The standard InChI is InChI=1S/C20H15N5O5/c1-10-7-14(13-9-12(30-2)4-6-16(13)21-10)19(26)24-23-18-15-8-11(25(28)29)3-5-17(15)22-20(18)27/h3-9,22,27H,1-2H3. The number of aromatic hydroxyl groups is 1. The van der Waals surface area contributed by atoms with Crippen LogP contribution in [-0.2, 0) is 0 Å². The number of nitro benzene ring substituents is 1. The Bertz CT molecular complexity index is 1360. The lowest BCUT2D eigenvalue weighted by atomic mass is 10.1. The maximum Gasteiger partial charge on any atom is 0.296 e. The van der Waals surface area contributed by atoms with E-state index >= 15 is 0 Å². The minimum absolute atomic E-state index is 0.0604. The first-order valence-corrected chi connectivity index (χ1v) is 8.78. The number of pyridine rings is 1. The average Bonchev–Trinajstić information content (AvgIpc) is 3.05. The maximum absolute atomic E-state index is 12.8. The van der Waals surface area contributed by atoms with Crippen LogP contribution in [0.4, 0.5) is 11.4 Å². The molecule has 1 amide bonds. The highest BCUT2D eigenvalue weighted by Crippen LogP contribution is 2.37. The molecule has 0 aliphatic carbocycles. The minimum Gasteiger partial charge on any atom is -0.497 e. The van der Waals surface area contributed by atoms with E-state index < -0.39 is 10.8 Å². The number of benzene rings is 2. The fourth-order valence-corrected chi connectivity index (χ4v) is 3.16. The average molecular weight is 405 g/mol. The van der Waals surface area contributed by atoms with Gasteiger partial charge in [0, 0.05) is 28.6 Å². The van der Waals surface area contributed by atoms with Crippen LogP contribution in [0.5, 0.6) is 11.6 Å². The number of ether oxygens (including phenoxy) is 1. The molecule has 0 saturated heterocycles. The predicted octanol–water partition coefficient (Wildman–Crippen LogP) is 4.57. The van der Waals surface area contributed by atoms with Gasteiger partial charge in [-0.25, -0.2) is 0 Å². The molecule has 150 valence electrons. The Labute approximate surface area is 169 Å². The molecule has 0 unspecified atom stereocenters. The Balaban J connectivity index is 1.78. The number of nitrogens with zero attached hydrogens (tertiary/aromatic N) is 4. The van der Waals surface area contributed by atoms with Crippen LogP contribution in [0.15, 0.2) is 52.7 Å². The van der Waals surface area contributed by atoms with E-state index in [2.05, 4.69) is 20.2 Å². The second kappa shape index (κ2) is 7.24. The van der Waals surface area contributed by atoms with Gasteiger partial charge in [-0.1, -0.05) is 0 Å². The summed E-state index contributed by atoms with van der Waals surface area (Å²) in [5.74, 6) is -0.446. The number of azo groups is 1. The first-order chi connectivity index (χ1) is 14.4. The van der Waals surface area contributed by atoms with Crippen LogP contribution in [0.3, 0.4) is 0 Å². The molecule has 2 N–H and O–H groups in total. The largest absolute Gasteiger partial charge is 0.497 e. The third kappa shape index (κ3) is 3.30. The summed E-state index contributed by atoms with van der Waals surface area (Å²) < 4.78 is 5.22. The molecule has 2 heterocycles. The van der Waals surface area contributed by atoms with Crippen LogP contribution in [0.25, 0.3) is 21.8 Å². The number of hydrogen-bond donors (Lipinski definition) is 2. The summed E-state index contributed by atoms with van der Waals surface area (Å²) in [6.45, 7) is 1.75. The fourth-order valence-electron chi connectivity index (χ4n) is 3.16. The molecule has 10 nitrogen and oxygen atoms in total. The van der Waals surface area contributed by atoms with Crippen LogP contribution in [-0.4, -0.2) is 33.0 Å². The molecule has 0 aliphatic rings. The summed E-state index contributed by atoms with van der Waals surface area (Å²) in [4.78, 5) is 30.3. The van der Waals surface area contributed by atoms with Crippen LogP contribution in [0, 0.1) is 17.0 Å². The van der Waals surface area contributed by atoms with Crippen LogP contribution in [0.2, 0.25) is 0 Å². The Kier molecular flexibility index (Phi) is 4.59. The first kappa shape index (κ1) is 19.0. The monoisotopic (exact) mass is 405 g/mol. The van der Waals surface area contributed by atoms with Gasteiger partial charge in [0.15, 0.2) is 5.69 Å². The van der Waals surface area contributed by atoms with Gasteiger partial charge in [0.05, 0.1) is 28.6 Å². The zero-order valence-electron chi connectivity index (χ0n) is 15.9. The third-order valence-electron chi connectivity index (χ3n) is 4.56. The summed E-state index contributed by atoms with van der Waals surface area (Å²) in [6.07, 6.45) is 0. The quantitative estimate of drug-likeness (QED) is 0.289. The van der Waals surface area contributed by atoms with Gasteiger partial charge >= 0.3 is 0 Å². The van der Waals surface area contributed by atoms with E-state index in [9.17, 15) is 20.0 Å². The van der Waals surface area contributed by atoms with Gasteiger partial charge in [-0.05, 0) is 37.3 Å². The third-order valence-corrected chi connectivity index (χ3v) is 4.56. The van der Waals surface area contributed by atoms with Gasteiger partial charge in [-0.3, -0.25) is 19.9 Å². The van der Waals surface area contributed by atoms with Crippen molar-refractivity contribution in [2.75, 3.05) is 7.11 Å². The van der Waals surface area contributed by atoms with Gasteiger partial charge < -0.3 is 14.8 Å². The van der Waals surface area contributed by atoms with Crippen molar-refractivity contribution in [1.29, 1.82) is 0 Å². The predicted molar refractivity (Wildman–Crippen MR) is 108 cm³/mol. The van der Waals surface area contributed by atoms with Crippen molar-refractivity contribution >= 4 is 39.1 Å². The summed E-state index contributed by atoms with van der Waals surface area (Å²) in [5.41, 5.74) is 1.68. The Morgan fingerprint density at radius 3 is 2.73 bits per heavy atom. The molecule has 0 atom stereocenters. The SMILES string of the molecule is COc1ccc2nc(C)cc(C(=O)N=Nc3c(O)[nH]c4ccc([N+](=O)[O-])cc34)c2c1. The molecular weight excluding hydrogens is 390 g/mol. The molecule has 0 bridgehead atoms. The summed E-state index contributed by atoms with van der Waals surface area (Å²) >= 11 is 0. The number of amides is 1. The second-order valence-corrected chi connectivity index (χ2v) is 6.51. The lowest BCUT2D eigenvalue weighted by Gasteiger charge is -2.06. The zero-order valence-corrected chi connectivity index (χ0v) is 15.9. The first-order valence-electron chi connectivity index (χ1n) is 8.78. The van der Waals surface area contributed by atoms with Crippen molar-refractivity contribution in [2.45, 2.75) is 6.92 Å². The smallest absolute Gasteiger partial charge is 0.296 e. The molecule has 0 aliphatic heterocycles. The molecule has 0 radical (unpaired) electrons. The summed E-state index contributed by atoms with van der Waals surface area (Å²) in [6, 6.07) is 10.7. The van der Waals surface area contributed by atoms with E-state index in [0.29, 0.717) is 27.9 Å². The lowest BCUT2D eigenvalue weighted by Crippen LogP contribution is -1.99. The molecule has 4 aromatic rings. The topological polar surface area (TPSA) is 143 Å². The van der Waals surface area contributed by atoms with E-state index in [1.165, 1.54) is 25.3 Å². The summed E-state index contributed by atoms with van der Waals surface area (Å²) in [7, 11) is 1.52. The number of aryl methyl sites for hydroxylation is 1. The van der Waals surface area contributed by atoms with Crippen LogP contribution >= 0.6 is 0 Å². The highest BCUT2D eigenvalue weighted by atomic mass is 16.6. The molecular formula is C20H15N5O5. The number of non-ortho nitro benzene ring substituents is 1. The molecule has 2 aromatic heterocycles. The Morgan fingerprint density at radius 2 is 2.00 bits per heavy atom. The van der Waals surface area contributed by atoms with E-state index in [-0.39, 0.29) is 28.2 Å². The van der Waals surface area contributed by atoms with Crippen molar-refractivity contribution in [3.8, 4) is 11.6 Å². The maximum atomic E-state index is 12.8. The number of aromatic nitrogens is 2. The van der Waals surface area contributed by atoms with E-state index in [0.717, 1.165) is 0 Å². The molecule has 4 rings (SSSR count). The van der Waals surface area contributed by atoms with Crippen molar-refractivity contribution in [3.63, 3.8) is 0 Å². The van der Waals surface area contributed by atoms with E-state index in [1.54, 1.807) is 31.2 Å². The van der Waals surface area contributed by atoms with Gasteiger partial charge in [0.25, 0.3) is 11.6 Å². The molecule has 30 heavy (non-hydrogen) atoms. The highest BCUT2D eigenvalue weighted by Gasteiger charge is 2.17. The van der Waals surface area contributed by atoms with Crippen molar-refractivity contribution < 1.29 is 19.6 Å². The molecule has 0 fully saturated rings. The second-order valence-electron chi connectivity index (χ2n) is 6.51. The Morgan fingerprint density at radius 1 is 1.20 bits per heavy atom. The number of rotatable bonds is 4. The number of hydrogen-bond acceptors (Lipinski definition) is 7. The number of aromatic amines is 1. The van der Waals surface area contributed by atoms with Gasteiger partial charge in [-0.2, -0.15) is 0 Å². The number of methoxy groups -OCH3 is 1. The van der Waals surface area contributed by atoms with Crippen molar-refractivity contribution in [1.82, 2.24) is 9.97 Å². The van der Waals surface area contributed by atoms with Crippen molar-refractivity contribution in [2.24, 2.45) is 10.2 Å². The van der Waals surface area contributed by atoms with Gasteiger partial charge in [-0.15, -0.1) is 10.2 Å². The van der Waals surface area contributed by atoms with Gasteiger partial charge in [0.2, 0.25) is 5.88 Å². The fraction of sp³-hybridized carbons (Fsp3) is 0.100. The highest BCUT2D eigenvalue weighted by molar-refractivity contribution is 6.07. The molecule has 10 heteroatoms.